The molecule has 0 radical (unpaired) electrons. The summed E-state index contributed by atoms with van der Waals surface area (Å²) in [6, 6.07) is 5.37. The molecule has 0 saturated heterocycles. The Hall–Kier alpha value is -1.55. The first-order chi connectivity index (χ1) is 7.93. The molecule has 0 aliphatic rings. The molecule has 1 rings (SSSR count). The van der Waals surface area contributed by atoms with Gasteiger partial charge in [-0.3, -0.25) is 0 Å². The fraction of sp³-hybridized carbons (Fsp3) is 0.462. The van der Waals surface area contributed by atoms with Crippen molar-refractivity contribution in [3.05, 3.63) is 29.3 Å². The minimum atomic E-state index is -0.875. The van der Waals surface area contributed by atoms with Crippen LogP contribution in [0.15, 0.2) is 18.2 Å². The summed E-state index contributed by atoms with van der Waals surface area (Å²) in [6.45, 7) is 3.63. The number of aryl methyl sites for hydroxylation is 1. The van der Waals surface area contributed by atoms with Crippen LogP contribution in [-0.4, -0.2) is 50.2 Å². The van der Waals surface area contributed by atoms with E-state index >= 15 is 0 Å². The van der Waals surface area contributed by atoms with E-state index in [0.29, 0.717) is 5.56 Å². The summed E-state index contributed by atoms with van der Waals surface area (Å²) in [5.74, 6) is -0.875. The maximum Gasteiger partial charge on any atom is 0.337 e. The first-order valence-electron chi connectivity index (χ1n) is 5.62. The molecule has 0 saturated carbocycles. The number of rotatable bonds is 5. The molecule has 1 aromatic carbocycles. The molecule has 1 aromatic rings. The van der Waals surface area contributed by atoms with Gasteiger partial charge in [0.1, 0.15) is 0 Å². The first-order valence-corrected chi connectivity index (χ1v) is 5.62. The summed E-state index contributed by atoms with van der Waals surface area (Å²) in [7, 11) is 5.94. The summed E-state index contributed by atoms with van der Waals surface area (Å²) in [4.78, 5) is 15.3. The molecule has 0 aromatic heterocycles. The Kier molecular flexibility index (Phi) is 4.52. The van der Waals surface area contributed by atoms with E-state index < -0.39 is 5.97 Å². The highest BCUT2D eigenvalue weighted by molar-refractivity contribution is 5.95. The fourth-order valence-electron chi connectivity index (χ4n) is 1.80. The number of likely N-dealkylation sites (N-methyl/N-ethyl adjacent to an activating group) is 2. The molecule has 94 valence electrons. The number of para-hydroxylation sites is 1. The van der Waals surface area contributed by atoms with Crippen LogP contribution in [0, 0.1) is 6.92 Å². The SMILES string of the molecule is Cc1cccc(C(=O)O)c1N(C)CCN(C)C. The maximum absolute atomic E-state index is 11.2. The maximum atomic E-state index is 11.2. The van der Waals surface area contributed by atoms with Crippen LogP contribution in [0.5, 0.6) is 0 Å². The van der Waals surface area contributed by atoms with Crippen molar-refractivity contribution < 1.29 is 9.90 Å². The lowest BCUT2D eigenvalue weighted by atomic mass is 10.1. The summed E-state index contributed by atoms with van der Waals surface area (Å²) in [5, 5.41) is 9.18. The summed E-state index contributed by atoms with van der Waals surface area (Å²) in [6.07, 6.45) is 0. The average molecular weight is 236 g/mol. The number of carboxylic acid groups (broad SMARTS) is 1. The zero-order valence-corrected chi connectivity index (χ0v) is 10.9. The molecule has 0 bridgehead atoms. The van der Waals surface area contributed by atoms with Crippen LogP contribution in [0.4, 0.5) is 5.69 Å². The van der Waals surface area contributed by atoms with E-state index in [1.54, 1.807) is 12.1 Å². The number of hydrogen-bond donors (Lipinski definition) is 1. The smallest absolute Gasteiger partial charge is 0.337 e. The van der Waals surface area contributed by atoms with Gasteiger partial charge in [-0.25, -0.2) is 4.79 Å². The second-order valence-corrected chi connectivity index (χ2v) is 4.50. The minimum Gasteiger partial charge on any atom is -0.478 e. The van der Waals surface area contributed by atoms with E-state index in [1.807, 2.05) is 39.0 Å². The van der Waals surface area contributed by atoms with E-state index in [1.165, 1.54) is 0 Å². The van der Waals surface area contributed by atoms with Crippen molar-refractivity contribution in [3.63, 3.8) is 0 Å². The van der Waals surface area contributed by atoms with Crippen LogP contribution in [0.3, 0.4) is 0 Å². The van der Waals surface area contributed by atoms with Gasteiger partial charge in [0.25, 0.3) is 0 Å². The third-order valence-electron chi connectivity index (χ3n) is 2.73. The zero-order valence-electron chi connectivity index (χ0n) is 10.9. The molecule has 4 heteroatoms. The van der Waals surface area contributed by atoms with E-state index in [-0.39, 0.29) is 0 Å². The largest absolute Gasteiger partial charge is 0.478 e. The number of benzene rings is 1. The van der Waals surface area contributed by atoms with Crippen LogP contribution in [0.25, 0.3) is 0 Å². The van der Waals surface area contributed by atoms with E-state index in [2.05, 4.69) is 4.90 Å². The Morgan fingerprint density at radius 2 is 1.88 bits per heavy atom. The van der Waals surface area contributed by atoms with Gasteiger partial charge in [0.2, 0.25) is 0 Å². The van der Waals surface area contributed by atoms with Gasteiger partial charge in [-0.05, 0) is 32.6 Å². The predicted octanol–water partition coefficient (Wildman–Crippen LogP) is 1.69. The second kappa shape index (κ2) is 5.68. The van der Waals surface area contributed by atoms with Crippen molar-refractivity contribution in [3.8, 4) is 0 Å². The Labute approximate surface area is 102 Å². The molecule has 0 unspecified atom stereocenters. The third-order valence-corrected chi connectivity index (χ3v) is 2.73. The summed E-state index contributed by atoms with van der Waals surface area (Å²) in [5.41, 5.74) is 2.17. The van der Waals surface area contributed by atoms with Crippen LogP contribution in [0.1, 0.15) is 15.9 Å². The lowest BCUT2D eigenvalue weighted by molar-refractivity contribution is 0.0697. The van der Waals surface area contributed by atoms with Gasteiger partial charge in [-0.2, -0.15) is 0 Å². The molecule has 0 fully saturated rings. The number of carboxylic acids is 1. The molecule has 0 amide bonds. The summed E-state index contributed by atoms with van der Waals surface area (Å²) < 4.78 is 0. The molecular formula is C13H20N2O2. The topological polar surface area (TPSA) is 43.8 Å². The van der Waals surface area contributed by atoms with Crippen LogP contribution >= 0.6 is 0 Å². The number of hydrogen-bond acceptors (Lipinski definition) is 3. The van der Waals surface area contributed by atoms with Gasteiger partial charge in [0, 0.05) is 20.1 Å². The predicted molar refractivity (Wildman–Crippen MR) is 70.0 cm³/mol. The number of aromatic carboxylic acids is 1. The highest BCUT2D eigenvalue weighted by Gasteiger charge is 2.15. The van der Waals surface area contributed by atoms with Crippen molar-refractivity contribution >= 4 is 11.7 Å². The first kappa shape index (κ1) is 13.5. The van der Waals surface area contributed by atoms with Crippen LogP contribution in [-0.2, 0) is 0 Å². The monoisotopic (exact) mass is 236 g/mol. The van der Waals surface area contributed by atoms with E-state index in [4.69, 9.17) is 0 Å². The summed E-state index contributed by atoms with van der Waals surface area (Å²) >= 11 is 0. The Morgan fingerprint density at radius 3 is 2.41 bits per heavy atom. The van der Waals surface area contributed by atoms with Crippen molar-refractivity contribution in [1.29, 1.82) is 0 Å². The Morgan fingerprint density at radius 1 is 1.24 bits per heavy atom. The Bertz CT molecular complexity index is 402. The molecule has 0 heterocycles. The quantitative estimate of drug-likeness (QED) is 0.845. The van der Waals surface area contributed by atoms with Gasteiger partial charge >= 0.3 is 5.97 Å². The number of nitrogens with zero attached hydrogens (tertiary/aromatic N) is 2. The van der Waals surface area contributed by atoms with Gasteiger partial charge < -0.3 is 14.9 Å². The fourth-order valence-corrected chi connectivity index (χ4v) is 1.80. The van der Waals surface area contributed by atoms with Crippen LogP contribution in [0.2, 0.25) is 0 Å². The molecule has 0 atom stereocenters. The molecule has 0 aliphatic carbocycles. The molecule has 4 nitrogen and oxygen atoms in total. The lowest BCUT2D eigenvalue weighted by Gasteiger charge is -2.24. The van der Waals surface area contributed by atoms with Crippen molar-refractivity contribution in [1.82, 2.24) is 4.90 Å². The molecule has 17 heavy (non-hydrogen) atoms. The standard InChI is InChI=1S/C13H20N2O2/c1-10-6-5-7-11(13(16)17)12(10)15(4)9-8-14(2)3/h5-7H,8-9H2,1-4H3,(H,16,17). The zero-order chi connectivity index (χ0) is 13.0. The Balaban J connectivity index is 2.98. The van der Waals surface area contributed by atoms with Crippen molar-refractivity contribution in [2.75, 3.05) is 39.1 Å². The normalized spacial score (nSPS) is 10.6. The number of anilines is 1. The lowest BCUT2D eigenvalue weighted by Crippen LogP contribution is -2.30. The van der Waals surface area contributed by atoms with Gasteiger partial charge in [-0.1, -0.05) is 12.1 Å². The number of carbonyl (C=O) groups is 1. The highest BCUT2D eigenvalue weighted by atomic mass is 16.4. The van der Waals surface area contributed by atoms with Gasteiger partial charge in [0.15, 0.2) is 0 Å². The molecule has 0 spiro atoms. The molecular weight excluding hydrogens is 216 g/mol. The van der Waals surface area contributed by atoms with Crippen LogP contribution < -0.4 is 4.90 Å². The van der Waals surface area contributed by atoms with Gasteiger partial charge in [0.05, 0.1) is 11.3 Å². The van der Waals surface area contributed by atoms with Crippen molar-refractivity contribution in [2.45, 2.75) is 6.92 Å². The second-order valence-electron chi connectivity index (χ2n) is 4.50. The average Bonchev–Trinajstić information content (AvgIpc) is 2.25. The molecule has 1 N–H and O–H groups in total. The van der Waals surface area contributed by atoms with Gasteiger partial charge in [-0.15, -0.1) is 0 Å². The molecule has 0 aliphatic heterocycles. The minimum absolute atomic E-state index is 0.367. The van der Waals surface area contributed by atoms with Crippen molar-refractivity contribution in [2.24, 2.45) is 0 Å². The highest BCUT2D eigenvalue weighted by Crippen LogP contribution is 2.24. The third kappa shape index (κ3) is 3.46. The van der Waals surface area contributed by atoms with E-state index in [9.17, 15) is 9.90 Å². The van der Waals surface area contributed by atoms with E-state index in [0.717, 1.165) is 24.3 Å².